The fourth-order valence-corrected chi connectivity index (χ4v) is 2.36. The quantitative estimate of drug-likeness (QED) is 0.452. The van der Waals surface area contributed by atoms with Crippen LogP contribution in [0, 0.1) is 26.9 Å². The van der Waals surface area contributed by atoms with Gasteiger partial charge in [-0.05, 0) is 5.56 Å². The van der Waals surface area contributed by atoms with Crippen molar-refractivity contribution in [1.29, 1.82) is 5.26 Å². The largest absolute Gasteiger partial charge is 0.468 e. The molecule has 6 nitrogen and oxygen atoms in total. The van der Waals surface area contributed by atoms with Gasteiger partial charge in [-0.15, -0.1) is 0 Å². The highest BCUT2D eigenvalue weighted by molar-refractivity contribution is 5.87. The van der Waals surface area contributed by atoms with Crippen LogP contribution in [0.4, 0.5) is 0 Å². The van der Waals surface area contributed by atoms with Crippen molar-refractivity contribution in [2.24, 2.45) is 5.41 Å². The van der Waals surface area contributed by atoms with E-state index in [0.717, 1.165) is 7.11 Å². The first-order valence-corrected chi connectivity index (χ1v) is 5.27. The van der Waals surface area contributed by atoms with Crippen LogP contribution in [0.2, 0.25) is 0 Å². The van der Waals surface area contributed by atoms with Crippen molar-refractivity contribution in [3.05, 3.63) is 46.0 Å². The highest BCUT2D eigenvalue weighted by atomic mass is 16.6. The number of nitrogens with zero attached hydrogens (tertiary/aromatic N) is 2. The molecule has 2 rings (SSSR count). The number of carbonyl (C=O) groups excluding carboxylic acids is 1. The van der Waals surface area contributed by atoms with Gasteiger partial charge in [0.05, 0.1) is 19.1 Å². The molecule has 0 heterocycles. The topological polar surface area (TPSA) is 93.2 Å². The minimum atomic E-state index is -1.69. The zero-order valence-electron chi connectivity index (χ0n) is 9.57. The molecule has 6 heteroatoms. The third-order valence-corrected chi connectivity index (χ3v) is 3.26. The molecule has 0 amide bonds. The Bertz CT molecular complexity index is 537. The summed E-state index contributed by atoms with van der Waals surface area (Å²) in [7, 11) is 1.12. The van der Waals surface area contributed by atoms with Crippen LogP contribution in [0.25, 0.3) is 0 Å². The molecule has 0 aromatic heterocycles. The lowest BCUT2D eigenvalue weighted by Crippen LogP contribution is -2.23. The van der Waals surface area contributed by atoms with Gasteiger partial charge in [-0.25, -0.2) is 0 Å². The molecule has 0 spiro atoms. The second-order valence-corrected chi connectivity index (χ2v) is 4.09. The van der Waals surface area contributed by atoms with Crippen molar-refractivity contribution in [2.75, 3.05) is 7.11 Å². The van der Waals surface area contributed by atoms with Crippen LogP contribution in [-0.2, 0) is 9.53 Å². The number of hydrogen-bond acceptors (Lipinski definition) is 5. The molecule has 92 valence electrons. The summed E-state index contributed by atoms with van der Waals surface area (Å²) in [6.07, 6.45) is 0. The van der Waals surface area contributed by atoms with Gasteiger partial charge in [-0.1, -0.05) is 30.3 Å². The summed E-state index contributed by atoms with van der Waals surface area (Å²) >= 11 is 0. The monoisotopic (exact) mass is 246 g/mol. The Labute approximate surface area is 103 Å². The minimum Gasteiger partial charge on any atom is -0.468 e. The maximum absolute atomic E-state index is 11.7. The second-order valence-electron chi connectivity index (χ2n) is 4.09. The summed E-state index contributed by atoms with van der Waals surface area (Å²) in [5, 5.41) is 20.1. The van der Waals surface area contributed by atoms with E-state index in [-0.39, 0.29) is 0 Å². The lowest BCUT2D eigenvalue weighted by molar-refractivity contribution is -0.501. The standard InChI is InChI=1S/C12H10N2O4/c1-18-11(15)12(7-13)9(10(12)14(16)17)8-5-3-2-4-6-8/h2-6,9-10H,1H3/t9-,10+,12+/m0/s1. The van der Waals surface area contributed by atoms with Gasteiger partial charge in [0.1, 0.15) is 0 Å². The first-order chi connectivity index (χ1) is 8.59. The number of rotatable bonds is 3. The van der Waals surface area contributed by atoms with Gasteiger partial charge in [0.2, 0.25) is 5.41 Å². The molecule has 1 aromatic rings. The fraction of sp³-hybridized carbons (Fsp3) is 0.333. The molecule has 1 saturated carbocycles. The van der Waals surface area contributed by atoms with Crippen LogP contribution in [0.5, 0.6) is 0 Å². The summed E-state index contributed by atoms with van der Waals surface area (Å²) in [5.41, 5.74) is -1.09. The van der Waals surface area contributed by atoms with Crippen molar-refractivity contribution in [3.63, 3.8) is 0 Å². The van der Waals surface area contributed by atoms with E-state index in [9.17, 15) is 14.9 Å². The normalized spacial score (nSPS) is 29.1. The molecule has 1 aliphatic rings. The van der Waals surface area contributed by atoms with Gasteiger partial charge in [0.15, 0.2) is 0 Å². The van der Waals surface area contributed by atoms with E-state index >= 15 is 0 Å². The van der Waals surface area contributed by atoms with Crippen LogP contribution in [0.1, 0.15) is 11.5 Å². The minimum absolute atomic E-state index is 0.586. The Kier molecular flexibility index (Phi) is 2.75. The maximum atomic E-state index is 11.7. The third-order valence-electron chi connectivity index (χ3n) is 3.26. The summed E-state index contributed by atoms with van der Waals surface area (Å²) in [4.78, 5) is 22.1. The van der Waals surface area contributed by atoms with Gasteiger partial charge in [0.25, 0.3) is 6.04 Å². The van der Waals surface area contributed by atoms with E-state index < -0.39 is 28.3 Å². The Balaban J connectivity index is 2.45. The van der Waals surface area contributed by atoms with Crippen molar-refractivity contribution < 1.29 is 14.5 Å². The smallest absolute Gasteiger partial charge is 0.334 e. The van der Waals surface area contributed by atoms with Gasteiger partial charge >= 0.3 is 5.97 Å². The van der Waals surface area contributed by atoms with Gasteiger partial charge in [-0.3, -0.25) is 14.9 Å². The van der Waals surface area contributed by atoms with Crippen LogP contribution in [0.3, 0.4) is 0 Å². The zero-order chi connectivity index (χ0) is 13.3. The second kappa shape index (κ2) is 4.11. The highest BCUT2D eigenvalue weighted by Gasteiger charge is 2.81. The lowest BCUT2D eigenvalue weighted by Gasteiger charge is -2.03. The van der Waals surface area contributed by atoms with E-state index in [0.29, 0.717) is 5.56 Å². The number of nitro groups is 1. The van der Waals surface area contributed by atoms with Crippen molar-refractivity contribution in [2.45, 2.75) is 12.0 Å². The van der Waals surface area contributed by atoms with Crippen molar-refractivity contribution in [3.8, 4) is 6.07 Å². The number of esters is 1. The molecule has 0 bridgehead atoms. The molecule has 0 aliphatic heterocycles. The molecule has 0 radical (unpaired) electrons. The summed E-state index contributed by atoms with van der Waals surface area (Å²) < 4.78 is 4.53. The van der Waals surface area contributed by atoms with Gasteiger partial charge in [0, 0.05) is 4.92 Å². The molecule has 0 unspecified atom stereocenters. The van der Waals surface area contributed by atoms with Gasteiger partial charge < -0.3 is 4.74 Å². The van der Waals surface area contributed by atoms with E-state index in [1.54, 1.807) is 36.4 Å². The third kappa shape index (κ3) is 1.44. The number of carbonyl (C=O) groups is 1. The van der Waals surface area contributed by atoms with Crippen LogP contribution in [0.15, 0.2) is 30.3 Å². The van der Waals surface area contributed by atoms with Crippen LogP contribution < -0.4 is 0 Å². The first kappa shape index (κ1) is 12.0. The maximum Gasteiger partial charge on any atom is 0.334 e. The molecular weight excluding hydrogens is 236 g/mol. The Morgan fingerprint density at radius 3 is 2.56 bits per heavy atom. The predicted octanol–water partition coefficient (Wildman–Crippen LogP) is 1.11. The van der Waals surface area contributed by atoms with Crippen LogP contribution in [-0.4, -0.2) is 24.0 Å². The van der Waals surface area contributed by atoms with Crippen molar-refractivity contribution in [1.82, 2.24) is 0 Å². The van der Waals surface area contributed by atoms with E-state index in [4.69, 9.17) is 5.26 Å². The molecule has 0 saturated heterocycles. The van der Waals surface area contributed by atoms with Gasteiger partial charge in [-0.2, -0.15) is 5.26 Å². The molecule has 1 fully saturated rings. The number of hydrogen-bond donors (Lipinski definition) is 0. The number of benzene rings is 1. The van der Waals surface area contributed by atoms with Crippen LogP contribution >= 0.6 is 0 Å². The molecule has 1 aliphatic carbocycles. The first-order valence-electron chi connectivity index (χ1n) is 5.27. The van der Waals surface area contributed by atoms with E-state index in [1.165, 1.54) is 0 Å². The number of ether oxygens (including phenoxy) is 1. The average molecular weight is 246 g/mol. The lowest BCUT2D eigenvalue weighted by atomic mass is 10.0. The average Bonchev–Trinajstić information content (AvgIpc) is 3.09. The van der Waals surface area contributed by atoms with E-state index in [2.05, 4.69) is 4.74 Å². The molecular formula is C12H10N2O4. The number of methoxy groups -OCH3 is 1. The fourth-order valence-electron chi connectivity index (χ4n) is 2.36. The molecule has 18 heavy (non-hydrogen) atoms. The SMILES string of the molecule is COC(=O)[C@]1(C#N)[C@@H](c2ccccc2)[C@H]1[N+](=O)[O-]. The highest BCUT2D eigenvalue weighted by Crippen LogP contribution is 2.61. The Morgan fingerprint density at radius 1 is 1.50 bits per heavy atom. The molecule has 0 N–H and O–H groups in total. The summed E-state index contributed by atoms with van der Waals surface area (Å²) in [6, 6.07) is 9.06. The van der Waals surface area contributed by atoms with E-state index in [1.807, 2.05) is 0 Å². The Hall–Kier alpha value is -2.42. The summed E-state index contributed by atoms with van der Waals surface area (Å²) in [6.45, 7) is 0. The summed E-state index contributed by atoms with van der Waals surface area (Å²) in [5.74, 6) is -1.59. The molecule has 1 aromatic carbocycles. The molecule has 3 atom stereocenters. The van der Waals surface area contributed by atoms with Crippen molar-refractivity contribution >= 4 is 5.97 Å². The predicted molar refractivity (Wildman–Crippen MR) is 60.0 cm³/mol. The Morgan fingerprint density at radius 2 is 2.11 bits per heavy atom. The number of nitriles is 1. The zero-order valence-corrected chi connectivity index (χ0v) is 9.57.